The summed E-state index contributed by atoms with van der Waals surface area (Å²) in [6, 6.07) is 14.1. The van der Waals surface area contributed by atoms with Gasteiger partial charge in [-0.3, -0.25) is 14.6 Å². The van der Waals surface area contributed by atoms with Gasteiger partial charge in [-0.1, -0.05) is 0 Å². The predicted octanol–water partition coefficient (Wildman–Crippen LogP) is 3.76. The number of rotatable bonds is 5. The molecule has 2 amide bonds. The van der Waals surface area contributed by atoms with Gasteiger partial charge in [0.25, 0.3) is 5.91 Å². The average Bonchev–Trinajstić information content (AvgIpc) is 3.17. The third kappa shape index (κ3) is 4.44. The molecule has 0 atom stereocenters. The second-order valence-electron chi connectivity index (χ2n) is 6.37. The molecular formula is C21H18N4O4. The Bertz CT molecular complexity index is 1070. The van der Waals surface area contributed by atoms with E-state index in [1.165, 1.54) is 13.1 Å². The van der Waals surface area contributed by atoms with Crippen molar-refractivity contribution in [1.29, 1.82) is 0 Å². The Hall–Kier alpha value is -4.07. The number of carbonyl (C=O) groups is 2. The number of amides is 2. The third-order valence-corrected chi connectivity index (χ3v) is 4.12. The smallest absolute Gasteiger partial charge is 0.257 e. The van der Waals surface area contributed by atoms with Gasteiger partial charge in [-0.05, 0) is 42.5 Å². The zero-order valence-electron chi connectivity index (χ0n) is 15.6. The van der Waals surface area contributed by atoms with Gasteiger partial charge in [0, 0.05) is 36.2 Å². The fraction of sp³-hybridized carbons (Fsp3) is 0.0952. The fourth-order valence-electron chi connectivity index (χ4n) is 2.82. The second-order valence-corrected chi connectivity index (χ2v) is 6.37. The molecule has 146 valence electrons. The van der Waals surface area contributed by atoms with Gasteiger partial charge < -0.3 is 25.4 Å². The van der Waals surface area contributed by atoms with E-state index in [4.69, 9.17) is 9.47 Å². The Kier molecular flexibility index (Phi) is 4.98. The van der Waals surface area contributed by atoms with Crippen LogP contribution in [0.1, 0.15) is 17.3 Å². The van der Waals surface area contributed by atoms with E-state index in [-0.39, 0.29) is 18.6 Å². The summed E-state index contributed by atoms with van der Waals surface area (Å²) in [5.41, 5.74) is 3.18. The molecule has 1 aromatic heterocycles. The molecule has 2 heterocycles. The summed E-state index contributed by atoms with van der Waals surface area (Å²) in [6.07, 6.45) is 3.12. The van der Waals surface area contributed by atoms with Crippen molar-refractivity contribution in [2.24, 2.45) is 0 Å². The number of benzene rings is 2. The van der Waals surface area contributed by atoms with Crippen LogP contribution in [0.15, 0.2) is 60.9 Å². The van der Waals surface area contributed by atoms with E-state index in [0.717, 1.165) is 5.69 Å². The van der Waals surface area contributed by atoms with E-state index in [1.54, 1.807) is 42.6 Å². The monoisotopic (exact) mass is 390 g/mol. The highest BCUT2D eigenvalue weighted by Crippen LogP contribution is 2.34. The Labute approximate surface area is 166 Å². The number of hydrogen-bond acceptors (Lipinski definition) is 6. The van der Waals surface area contributed by atoms with Crippen molar-refractivity contribution in [3.8, 4) is 11.5 Å². The van der Waals surface area contributed by atoms with Crippen molar-refractivity contribution in [2.45, 2.75) is 6.92 Å². The molecule has 0 aliphatic carbocycles. The lowest BCUT2D eigenvalue weighted by Gasteiger charge is -2.10. The van der Waals surface area contributed by atoms with Crippen molar-refractivity contribution in [2.75, 3.05) is 22.7 Å². The summed E-state index contributed by atoms with van der Waals surface area (Å²) in [5.74, 6) is 0.830. The van der Waals surface area contributed by atoms with Crippen LogP contribution in [0.2, 0.25) is 0 Å². The molecule has 8 heteroatoms. The fourth-order valence-corrected chi connectivity index (χ4v) is 2.82. The topological polar surface area (TPSA) is 102 Å². The zero-order chi connectivity index (χ0) is 20.2. The number of pyridine rings is 1. The molecule has 3 N–H and O–H groups in total. The lowest BCUT2D eigenvalue weighted by molar-refractivity contribution is -0.114. The summed E-state index contributed by atoms with van der Waals surface area (Å²) in [7, 11) is 0. The molecule has 0 saturated heterocycles. The molecule has 0 spiro atoms. The SMILES string of the molecule is CC(=O)Nc1ccc(Nc2cncc(C(=O)Nc3ccc4c(c3)OCO4)c2)cc1. The van der Waals surface area contributed by atoms with Crippen molar-refractivity contribution in [1.82, 2.24) is 4.98 Å². The molecule has 29 heavy (non-hydrogen) atoms. The quantitative estimate of drug-likeness (QED) is 0.613. The molecule has 4 rings (SSSR count). The van der Waals surface area contributed by atoms with Crippen molar-refractivity contribution in [3.63, 3.8) is 0 Å². The predicted molar refractivity (Wildman–Crippen MR) is 109 cm³/mol. The van der Waals surface area contributed by atoms with E-state index in [2.05, 4.69) is 20.9 Å². The van der Waals surface area contributed by atoms with Crippen molar-refractivity contribution in [3.05, 3.63) is 66.5 Å². The summed E-state index contributed by atoms with van der Waals surface area (Å²) in [6.45, 7) is 1.63. The van der Waals surface area contributed by atoms with Crippen LogP contribution in [0.4, 0.5) is 22.7 Å². The molecule has 3 aromatic rings. The molecule has 2 aromatic carbocycles. The first-order chi connectivity index (χ1) is 14.1. The number of nitrogens with zero attached hydrogens (tertiary/aromatic N) is 1. The van der Waals surface area contributed by atoms with Gasteiger partial charge in [0.1, 0.15) is 0 Å². The van der Waals surface area contributed by atoms with E-state index >= 15 is 0 Å². The van der Waals surface area contributed by atoms with Gasteiger partial charge in [-0.25, -0.2) is 0 Å². The maximum absolute atomic E-state index is 12.6. The maximum Gasteiger partial charge on any atom is 0.257 e. The van der Waals surface area contributed by atoms with Gasteiger partial charge in [-0.15, -0.1) is 0 Å². The second kappa shape index (κ2) is 7.89. The van der Waals surface area contributed by atoms with Crippen molar-refractivity contribution >= 4 is 34.6 Å². The number of hydrogen-bond donors (Lipinski definition) is 3. The van der Waals surface area contributed by atoms with Gasteiger partial charge >= 0.3 is 0 Å². The largest absolute Gasteiger partial charge is 0.454 e. The lowest BCUT2D eigenvalue weighted by atomic mass is 10.2. The van der Waals surface area contributed by atoms with Gasteiger partial charge in [0.2, 0.25) is 12.7 Å². The molecule has 0 unspecified atom stereocenters. The van der Waals surface area contributed by atoms with Crippen LogP contribution < -0.4 is 25.4 Å². The average molecular weight is 390 g/mol. The minimum absolute atomic E-state index is 0.129. The third-order valence-electron chi connectivity index (χ3n) is 4.12. The first-order valence-electron chi connectivity index (χ1n) is 8.87. The Morgan fingerprint density at radius 3 is 2.34 bits per heavy atom. The van der Waals surface area contributed by atoms with Crippen LogP contribution in [0.25, 0.3) is 0 Å². The van der Waals surface area contributed by atoms with E-state index in [0.29, 0.717) is 34.1 Å². The minimum atomic E-state index is -0.291. The number of nitrogens with one attached hydrogen (secondary N) is 3. The van der Waals surface area contributed by atoms with Crippen LogP contribution in [-0.4, -0.2) is 23.6 Å². The van der Waals surface area contributed by atoms with Gasteiger partial charge in [0.15, 0.2) is 11.5 Å². The molecule has 0 fully saturated rings. The summed E-state index contributed by atoms with van der Waals surface area (Å²) < 4.78 is 10.6. The normalized spacial score (nSPS) is 11.6. The van der Waals surface area contributed by atoms with E-state index in [1.807, 2.05) is 12.1 Å². The van der Waals surface area contributed by atoms with Crippen LogP contribution in [-0.2, 0) is 4.79 Å². The first-order valence-corrected chi connectivity index (χ1v) is 8.87. The summed E-state index contributed by atoms with van der Waals surface area (Å²) >= 11 is 0. The lowest BCUT2D eigenvalue weighted by Crippen LogP contribution is -2.12. The number of ether oxygens (including phenoxy) is 2. The Balaban J connectivity index is 1.44. The Morgan fingerprint density at radius 1 is 0.828 bits per heavy atom. The first kappa shape index (κ1) is 18.3. The molecule has 0 bridgehead atoms. The molecular weight excluding hydrogens is 372 g/mol. The number of anilines is 4. The molecule has 0 radical (unpaired) electrons. The summed E-state index contributed by atoms with van der Waals surface area (Å²) in [5, 5.41) is 8.72. The highest BCUT2D eigenvalue weighted by molar-refractivity contribution is 6.04. The number of aromatic nitrogens is 1. The van der Waals surface area contributed by atoms with Crippen LogP contribution in [0, 0.1) is 0 Å². The highest BCUT2D eigenvalue weighted by Gasteiger charge is 2.15. The Morgan fingerprint density at radius 2 is 1.55 bits per heavy atom. The molecule has 0 saturated carbocycles. The van der Waals surface area contributed by atoms with Gasteiger partial charge in [-0.2, -0.15) is 0 Å². The minimum Gasteiger partial charge on any atom is -0.454 e. The molecule has 1 aliphatic rings. The van der Waals surface area contributed by atoms with Crippen LogP contribution in [0.3, 0.4) is 0 Å². The van der Waals surface area contributed by atoms with E-state index in [9.17, 15) is 9.59 Å². The van der Waals surface area contributed by atoms with Crippen LogP contribution in [0.5, 0.6) is 11.5 Å². The highest BCUT2D eigenvalue weighted by atomic mass is 16.7. The molecule has 8 nitrogen and oxygen atoms in total. The maximum atomic E-state index is 12.6. The van der Waals surface area contributed by atoms with Gasteiger partial charge in [0.05, 0.1) is 17.4 Å². The number of carbonyl (C=O) groups excluding carboxylic acids is 2. The van der Waals surface area contributed by atoms with Crippen molar-refractivity contribution < 1.29 is 19.1 Å². The zero-order valence-corrected chi connectivity index (χ0v) is 15.6. The van der Waals surface area contributed by atoms with Crippen LogP contribution >= 0.6 is 0 Å². The number of fused-ring (bicyclic) bond motifs is 1. The summed E-state index contributed by atoms with van der Waals surface area (Å²) in [4.78, 5) is 27.8. The van der Waals surface area contributed by atoms with E-state index < -0.39 is 0 Å². The standard InChI is InChI=1S/C21H18N4O4/c1-13(26)23-15-2-4-16(5-3-15)24-18-8-14(10-22-11-18)21(27)25-17-6-7-19-20(9-17)29-12-28-19/h2-11,24H,12H2,1H3,(H,23,26)(H,25,27). The molecule has 1 aliphatic heterocycles.